The monoisotopic (exact) mass is 413 g/mol. The van der Waals surface area contributed by atoms with Crippen molar-refractivity contribution in [3.8, 4) is 0 Å². The molecule has 0 aliphatic heterocycles. The van der Waals surface area contributed by atoms with Gasteiger partial charge in [-0.15, -0.1) is 0 Å². The van der Waals surface area contributed by atoms with Crippen LogP contribution in [-0.2, 0) is 14.3 Å². The number of esters is 2. The average Bonchev–Trinajstić information content (AvgIpc) is 2.68. The molecule has 6 nitrogen and oxygen atoms in total. The lowest BCUT2D eigenvalue weighted by atomic mass is 9.97. The first-order chi connectivity index (χ1) is 13.7. The van der Waals surface area contributed by atoms with Gasteiger partial charge in [0.05, 0.1) is 24.1 Å². The second kappa shape index (κ2) is 9.11. The second-order valence-corrected chi connectivity index (χ2v) is 6.46. The number of halogens is 3. The van der Waals surface area contributed by atoms with Crippen molar-refractivity contribution in [2.75, 3.05) is 13.2 Å². The van der Waals surface area contributed by atoms with Crippen molar-refractivity contribution in [2.45, 2.75) is 40.2 Å². The number of ether oxygens (including phenoxy) is 2. The lowest BCUT2D eigenvalue weighted by molar-refractivity contribution is -0.148. The SMILES string of the molecule is CCOC(=O)c1cn(C(C(=O)OCC)C(C)CC)c2c(F)c(F)c(F)cc2c1=O. The molecule has 0 spiro atoms. The largest absolute Gasteiger partial charge is 0.464 e. The van der Waals surface area contributed by atoms with Crippen molar-refractivity contribution in [1.29, 1.82) is 0 Å². The molecule has 158 valence electrons. The molecule has 0 saturated carbocycles. The molecule has 2 atom stereocenters. The predicted molar refractivity (Wildman–Crippen MR) is 99.2 cm³/mol. The molecule has 2 aromatic rings. The number of rotatable bonds is 7. The lowest BCUT2D eigenvalue weighted by Crippen LogP contribution is -2.31. The molecule has 0 aliphatic rings. The normalized spacial score (nSPS) is 13.2. The van der Waals surface area contributed by atoms with Gasteiger partial charge in [-0.2, -0.15) is 0 Å². The number of aromatic nitrogens is 1. The molecule has 1 aromatic heterocycles. The molecule has 0 bridgehead atoms. The highest BCUT2D eigenvalue weighted by Crippen LogP contribution is 2.30. The van der Waals surface area contributed by atoms with Gasteiger partial charge in [0.2, 0.25) is 5.43 Å². The maximum Gasteiger partial charge on any atom is 0.343 e. The molecular weight excluding hydrogens is 391 g/mol. The van der Waals surface area contributed by atoms with E-state index in [0.717, 1.165) is 10.8 Å². The van der Waals surface area contributed by atoms with Crippen LogP contribution < -0.4 is 5.43 Å². The van der Waals surface area contributed by atoms with Gasteiger partial charge in [-0.05, 0) is 25.8 Å². The standard InChI is InChI=1S/C20H22F3NO5/c1-5-10(4)16(20(27)29-7-3)24-9-12(19(26)28-6-2)18(25)11-8-13(21)14(22)15(23)17(11)24/h8-10,16H,5-7H2,1-4H3. The van der Waals surface area contributed by atoms with Crippen LogP contribution in [0, 0.1) is 23.4 Å². The van der Waals surface area contributed by atoms with E-state index in [-0.39, 0.29) is 13.2 Å². The van der Waals surface area contributed by atoms with Crippen LogP contribution in [0.15, 0.2) is 17.1 Å². The van der Waals surface area contributed by atoms with Crippen LogP contribution >= 0.6 is 0 Å². The minimum Gasteiger partial charge on any atom is -0.464 e. The Labute approximate surface area is 165 Å². The highest BCUT2D eigenvalue weighted by molar-refractivity contribution is 5.94. The highest BCUT2D eigenvalue weighted by atomic mass is 19.2. The average molecular weight is 413 g/mol. The predicted octanol–water partition coefficient (Wildman–Crippen LogP) is 3.75. The third-order valence-electron chi connectivity index (χ3n) is 4.66. The van der Waals surface area contributed by atoms with Crippen molar-refractivity contribution in [2.24, 2.45) is 5.92 Å². The van der Waals surface area contributed by atoms with Gasteiger partial charge >= 0.3 is 11.9 Å². The van der Waals surface area contributed by atoms with E-state index < -0.39 is 63.2 Å². The molecule has 2 rings (SSSR count). The van der Waals surface area contributed by atoms with E-state index in [0.29, 0.717) is 12.5 Å². The Bertz CT molecular complexity index is 1000. The third kappa shape index (κ3) is 4.13. The summed E-state index contributed by atoms with van der Waals surface area (Å²) >= 11 is 0. The fraction of sp³-hybridized carbons (Fsp3) is 0.450. The van der Waals surface area contributed by atoms with E-state index in [1.807, 2.05) is 0 Å². The van der Waals surface area contributed by atoms with Crippen LogP contribution in [0.3, 0.4) is 0 Å². The second-order valence-electron chi connectivity index (χ2n) is 6.46. The zero-order chi connectivity index (χ0) is 21.9. The fourth-order valence-corrected chi connectivity index (χ4v) is 3.06. The summed E-state index contributed by atoms with van der Waals surface area (Å²) in [4.78, 5) is 37.5. The molecule has 0 radical (unpaired) electrons. The van der Waals surface area contributed by atoms with E-state index in [4.69, 9.17) is 9.47 Å². The quantitative estimate of drug-likeness (QED) is 0.511. The van der Waals surface area contributed by atoms with Gasteiger partial charge in [-0.3, -0.25) is 4.79 Å². The summed E-state index contributed by atoms with van der Waals surface area (Å²) in [6, 6.07) is -0.677. The van der Waals surface area contributed by atoms with Crippen LogP contribution in [0.1, 0.15) is 50.5 Å². The van der Waals surface area contributed by atoms with Crippen LogP contribution in [0.25, 0.3) is 10.9 Å². The number of hydrogen-bond donors (Lipinski definition) is 0. The number of fused-ring (bicyclic) bond motifs is 1. The van der Waals surface area contributed by atoms with Gasteiger partial charge in [-0.25, -0.2) is 22.8 Å². The molecule has 1 heterocycles. The minimum absolute atomic E-state index is 0.0279. The van der Waals surface area contributed by atoms with Gasteiger partial charge in [0.15, 0.2) is 17.5 Å². The van der Waals surface area contributed by atoms with Crippen molar-refractivity contribution in [1.82, 2.24) is 4.57 Å². The summed E-state index contributed by atoms with van der Waals surface area (Å²) in [6.45, 7) is 6.52. The first-order valence-electron chi connectivity index (χ1n) is 9.25. The highest BCUT2D eigenvalue weighted by Gasteiger charge is 2.32. The van der Waals surface area contributed by atoms with Crippen molar-refractivity contribution < 1.29 is 32.2 Å². The number of nitrogens with zero attached hydrogens (tertiary/aromatic N) is 1. The molecule has 0 amide bonds. The molecule has 9 heteroatoms. The summed E-state index contributed by atoms with van der Waals surface area (Å²) in [5.74, 6) is -7.24. The molecule has 0 saturated heterocycles. The van der Waals surface area contributed by atoms with Gasteiger partial charge in [0, 0.05) is 6.20 Å². The Kier molecular flexibility index (Phi) is 7.05. The maximum atomic E-state index is 14.7. The summed E-state index contributed by atoms with van der Waals surface area (Å²) in [7, 11) is 0. The summed E-state index contributed by atoms with van der Waals surface area (Å²) in [5, 5.41) is -0.579. The number of pyridine rings is 1. The van der Waals surface area contributed by atoms with Gasteiger partial charge in [-0.1, -0.05) is 20.3 Å². The fourth-order valence-electron chi connectivity index (χ4n) is 3.06. The van der Waals surface area contributed by atoms with Crippen molar-refractivity contribution in [3.63, 3.8) is 0 Å². The third-order valence-corrected chi connectivity index (χ3v) is 4.66. The number of carbonyl (C=O) groups excluding carboxylic acids is 2. The summed E-state index contributed by atoms with van der Waals surface area (Å²) in [6.07, 6.45) is 1.38. The van der Waals surface area contributed by atoms with Crippen LogP contribution in [-0.4, -0.2) is 29.7 Å². The Hall–Kier alpha value is -2.84. The van der Waals surface area contributed by atoms with Gasteiger partial charge < -0.3 is 14.0 Å². The molecule has 0 N–H and O–H groups in total. The molecular formula is C20H22F3NO5. The summed E-state index contributed by atoms with van der Waals surface area (Å²) < 4.78 is 53.4. The van der Waals surface area contributed by atoms with Crippen LogP contribution in [0.4, 0.5) is 13.2 Å². The van der Waals surface area contributed by atoms with E-state index >= 15 is 0 Å². The molecule has 2 unspecified atom stereocenters. The van der Waals surface area contributed by atoms with Gasteiger partial charge in [0.25, 0.3) is 0 Å². The Morgan fingerprint density at radius 2 is 1.69 bits per heavy atom. The zero-order valence-corrected chi connectivity index (χ0v) is 16.6. The maximum absolute atomic E-state index is 14.7. The molecule has 0 aliphatic carbocycles. The van der Waals surface area contributed by atoms with Crippen LogP contribution in [0.5, 0.6) is 0 Å². The van der Waals surface area contributed by atoms with Gasteiger partial charge in [0.1, 0.15) is 11.6 Å². The number of carbonyl (C=O) groups is 2. The minimum atomic E-state index is -1.79. The van der Waals surface area contributed by atoms with Crippen molar-refractivity contribution in [3.05, 3.63) is 45.5 Å². The molecule has 29 heavy (non-hydrogen) atoms. The molecule has 0 fully saturated rings. The van der Waals surface area contributed by atoms with E-state index in [9.17, 15) is 27.6 Å². The van der Waals surface area contributed by atoms with Crippen molar-refractivity contribution >= 4 is 22.8 Å². The molecule has 1 aromatic carbocycles. The van der Waals surface area contributed by atoms with E-state index in [2.05, 4.69) is 0 Å². The number of benzene rings is 1. The Balaban J connectivity index is 2.99. The Morgan fingerprint density at radius 3 is 2.24 bits per heavy atom. The zero-order valence-electron chi connectivity index (χ0n) is 16.6. The smallest absolute Gasteiger partial charge is 0.343 e. The topological polar surface area (TPSA) is 74.6 Å². The number of hydrogen-bond acceptors (Lipinski definition) is 5. The van der Waals surface area contributed by atoms with Crippen LogP contribution in [0.2, 0.25) is 0 Å². The Morgan fingerprint density at radius 1 is 1.07 bits per heavy atom. The summed E-state index contributed by atoms with van der Waals surface area (Å²) in [5.41, 5.74) is -2.18. The van der Waals surface area contributed by atoms with E-state index in [1.54, 1.807) is 20.8 Å². The first-order valence-corrected chi connectivity index (χ1v) is 9.25. The lowest BCUT2D eigenvalue weighted by Gasteiger charge is -2.26. The van der Waals surface area contributed by atoms with E-state index in [1.165, 1.54) is 6.92 Å². The first kappa shape index (κ1) is 22.4.